The van der Waals surface area contributed by atoms with Gasteiger partial charge in [-0.15, -0.1) is 0 Å². The second-order valence-corrected chi connectivity index (χ2v) is 4.01. The molecule has 0 radical (unpaired) electrons. The van der Waals surface area contributed by atoms with E-state index >= 15 is 0 Å². The zero-order valence-corrected chi connectivity index (χ0v) is 9.70. The van der Waals surface area contributed by atoms with E-state index < -0.39 is 0 Å². The van der Waals surface area contributed by atoms with Gasteiger partial charge in [0, 0.05) is 6.08 Å². The van der Waals surface area contributed by atoms with Crippen molar-refractivity contribution in [1.82, 2.24) is 10.3 Å². The Kier molecular flexibility index (Phi) is 3.12. The highest BCUT2D eigenvalue weighted by atomic mass is 35.5. The van der Waals surface area contributed by atoms with E-state index in [0.29, 0.717) is 17.7 Å². The Labute approximate surface area is 99.4 Å². The summed E-state index contributed by atoms with van der Waals surface area (Å²) in [6.45, 7) is 2.49. The van der Waals surface area contributed by atoms with Crippen LogP contribution in [-0.2, 0) is 0 Å². The minimum atomic E-state index is 0.458. The van der Waals surface area contributed by atoms with Crippen LogP contribution >= 0.6 is 11.6 Å². The number of rotatable bonds is 1. The Balaban J connectivity index is 2.29. The molecule has 4 nitrogen and oxygen atoms in total. The van der Waals surface area contributed by atoms with E-state index in [-0.39, 0.29) is 0 Å². The zero-order chi connectivity index (χ0) is 11.5. The summed E-state index contributed by atoms with van der Waals surface area (Å²) in [7, 11) is 0. The molecular formula is C11H13ClN4. The lowest BCUT2D eigenvalue weighted by Crippen LogP contribution is -2.45. The van der Waals surface area contributed by atoms with Crippen molar-refractivity contribution in [2.24, 2.45) is 10.8 Å². The first kappa shape index (κ1) is 11.0. The van der Waals surface area contributed by atoms with Gasteiger partial charge >= 0.3 is 0 Å². The largest absolute Gasteiger partial charge is 0.357 e. The van der Waals surface area contributed by atoms with Crippen LogP contribution in [0.15, 0.2) is 40.5 Å². The maximum atomic E-state index is 5.86. The Morgan fingerprint density at radius 3 is 2.75 bits per heavy atom. The number of amidine groups is 1. The third-order valence-corrected chi connectivity index (χ3v) is 2.49. The van der Waals surface area contributed by atoms with Crippen molar-refractivity contribution in [3.05, 3.63) is 41.1 Å². The van der Waals surface area contributed by atoms with Crippen LogP contribution in [0.25, 0.3) is 0 Å². The number of nitrogens with one attached hydrogen (secondary N) is 1. The van der Waals surface area contributed by atoms with Crippen LogP contribution in [-0.4, -0.2) is 17.5 Å². The molecule has 0 aromatic heterocycles. The average Bonchev–Trinajstić information content (AvgIpc) is 2.27. The van der Waals surface area contributed by atoms with Crippen molar-refractivity contribution in [3.63, 3.8) is 0 Å². The van der Waals surface area contributed by atoms with Gasteiger partial charge in [-0.3, -0.25) is 5.01 Å². The van der Waals surface area contributed by atoms with Gasteiger partial charge in [-0.05, 0) is 19.1 Å². The van der Waals surface area contributed by atoms with Gasteiger partial charge in [0.2, 0.25) is 0 Å². The highest BCUT2D eigenvalue weighted by molar-refractivity contribution is 6.31. The lowest BCUT2D eigenvalue weighted by atomic mass is 10.2. The first-order chi connectivity index (χ1) is 7.65. The fourth-order valence-corrected chi connectivity index (χ4v) is 1.49. The molecule has 5 heteroatoms. The smallest absolute Gasteiger partial charge is 0.147 e. The number of aliphatic imine (C=N–C) groups is 1. The van der Waals surface area contributed by atoms with Crippen molar-refractivity contribution >= 4 is 23.1 Å². The molecule has 0 aliphatic carbocycles. The fourth-order valence-electron chi connectivity index (χ4n) is 1.34. The molecule has 2 rings (SSSR count). The van der Waals surface area contributed by atoms with Crippen molar-refractivity contribution in [2.45, 2.75) is 6.92 Å². The fraction of sp³-hybridized carbons (Fsp3) is 0.182. The molecule has 0 bridgehead atoms. The number of hydrogen-bond acceptors (Lipinski definition) is 3. The normalized spacial score (nSPS) is 18.3. The molecule has 0 saturated heterocycles. The number of nitrogens with two attached hydrogens (primary N) is 1. The number of halogens is 1. The summed E-state index contributed by atoms with van der Waals surface area (Å²) in [5.74, 6) is 6.40. The monoisotopic (exact) mass is 236 g/mol. The maximum Gasteiger partial charge on any atom is 0.147 e. The van der Waals surface area contributed by atoms with Crippen molar-refractivity contribution in [3.8, 4) is 0 Å². The second kappa shape index (κ2) is 4.55. The standard InChI is InChI=1S/C11H13ClN4/c1-8-2-4-9(5-3-8)15-11-6-10(12)14-7-16(11)13/h2-6,14H,7,13H2,1H3. The molecule has 3 N–H and O–H groups in total. The van der Waals surface area contributed by atoms with E-state index in [4.69, 9.17) is 17.4 Å². The predicted octanol–water partition coefficient (Wildman–Crippen LogP) is 1.84. The van der Waals surface area contributed by atoms with E-state index in [2.05, 4.69) is 10.3 Å². The van der Waals surface area contributed by atoms with E-state index in [1.807, 2.05) is 31.2 Å². The predicted molar refractivity (Wildman–Crippen MR) is 66.2 cm³/mol. The summed E-state index contributed by atoms with van der Waals surface area (Å²) in [5, 5.41) is 4.96. The van der Waals surface area contributed by atoms with Crippen LogP contribution in [0.1, 0.15) is 5.56 Å². The van der Waals surface area contributed by atoms with Gasteiger partial charge in [-0.2, -0.15) is 0 Å². The van der Waals surface area contributed by atoms with Crippen LogP contribution in [0, 0.1) is 6.92 Å². The molecule has 1 aromatic rings. The summed E-state index contributed by atoms with van der Waals surface area (Å²) in [6, 6.07) is 7.90. The topological polar surface area (TPSA) is 53.7 Å². The van der Waals surface area contributed by atoms with Gasteiger partial charge in [-0.1, -0.05) is 29.3 Å². The summed E-state index contributed by atoms with van der Waals surface area (Å²) in [4.78, 5) is 4.41. The van der Waals surface area contributed by atoms with Gasteiger partial charge in [0.25, 0.3) is 0 Å². The van der Waals surface area contributed by atoms with Crippen LogP contribution in [0.5, 0.6) is 0 Å². The molecule has 84 valence electrons. The summed E-state index contributed by atoms with van der Waals surface area (Å²) < 4.78 is 0. The molecule has 1 aromatic carbocycles. The van der Waals surface area contributed by atoms with E-state index in [1.165, 1.54) is 10.6 Å². The minimum Gasteiger partial charge on any atom is -0.357 e. The number of benzene rings is 1. The first-order valence-corrected chi connectivity index (χ1v) is 5.31. The molecule has 0 atom stereocenters. The summed E-state index contributed by atoms with van der Waals surface area (Å²) in [6.07, 6.45) is 1.70. The first-order valence-electron chi connectivity index (χ1n) is 4.94. The Morgan fingerprint density at radius 2 is 2.06 bits per heavy atom. The molecule has 0 spiro atoms. The van der Waals surface area contributed by atoms with Gasteiger partial charge in [0.05, 0.1) is 5.69 Å². The van der Waals surface area contributed by atoms with Gasteiger partial charge in [0.15, 0.2) is 0 Å². The SMILES string of the molecule is Cc1ccc(N=C2C=C(Cl)NCN2N)cc1. The van der Waals surface area contributed by atoms with E-state index in [1.54, 1.807) is 6.08 Å². The number of hydrogen-bond donors (Lipinski definition) is 2. The molecule has 1 heterocycles. The Morgan fingerprint density at radius 1 is 1.38 bits per heavy atom. The van der Waals surface area contributed by atoms with Crippen molar-refractivity contribution in [1.29, 1.82) is 0 Å². The Hall–Kier alpha value is -1.52. The molecular weight excluding hydrogens is 224 g/mol. The van der Waals surface area contributed by atoms with Gasteiger partial charge in [-0.25, -0.2) is 10.8 Å². The zero-order valence-electron chi connectivity index (χ0n) is 8.94. The van der Waals surface area contributed by atoms with Crippen LogP contribution in [0.3, 0.4) is 0 Å². The van der Waals surface area contributed by atoms with Crippen LogP contribution in [0.4, 0.5) is 5.69 Å². The summed E-state index contributed by atoms with van der Waals surface area (Å²) >= 11 is 5.86. The maximum absolute atomic E-state index is 5.86. The lowest BCUT2D eigenvalue weighted by Gasteiger charge is -2.23. The highest BCUT2D eigenvalue weighted by Crippen LogP contribution is 2.15. The molecule has 16 heavy (non-hydrogen) atoms. The molecule has 0 unspecified atom stereocenters. The minimum absolute atomic E-state index is 0.458. The molecule has 1 aliphatic rings. The number of aryl methyl sites for hydroxylation is 1. The van der Waals surface area contributed by atoms with Gasteiger partial charge < -0.3 is 5.32 Å². The number of hydrazine groups is 1. The molecule has 0 amide bonds. The van der Waals surface area contributed by atoms with E-state index in [9.17, 15) is 0 Å². The molecule has 0 saturated carbocycles. The second-order valence-electron chi connectivity index (χ2n) is 3.60. The van der Waals surface area contributed by atoms with Crippen LogP contribution in [0.2, 0.25) is 0 Å². The third kappa shape index (κ3) is 2.53. The quantitative estimate of drug-likeness (QED) is 0.578. The summed E-state index contributed by atoms with van der Waals surface area (Å²) in [5.41, 5.74) is 2.06. The number of nitrogens with zero attached hydrogens (tertiary/aromatic N) is 2. The van der Waals surface area contributed by atoms with Gasteiger partial charge in [0.1, 0.15) is 17.7 Å². The van der Waals surface area contributed by atoms with Crippen LogP contribution < -0.4 is 11.2 Å². The molecule has 0 fully saturated rings. The lowest BCUT2D eigenvalue weighted by molar-refractivity contribution is 0.413. The van der Waals surface area contributed by atoms with Crippen molar-refractivity contribution in [2.75, 3.05) is 6.67 Å². The highest BCUT2D eigenvalue weighted by Gasteiger charge is 2.11. The third-order valence-electron chi connectivity index (χ3n) is 2.25. The Bertz CT molecular complexity index is 436. The average molecular weight is 237 g/mol. The van der Waals surface area contributed by atoms with Crippen molar-refractivity contribution < 1.29 is 0 Å². The molecule has 1 aliphatic heterocycles. The van der Waals surface area contributed by atoms with E-state index in [0.717, 1.165) is 5.69 Å².